The Kier molecular flexibility index (Phi) is 6.84. The van der Waals surface area contributed by atoms with Crippen LogP contribution in [0.4, 0.5) is 0 Å². The molecule has 2 unspecified atom stereocenters. The molecule has 0 saturated heterocycles. The monoisotopic (exact) mass is 366 g/mol. The first-order chi connectivity index (χ1) is 11.4. The van der Waals surface area contributed by atoms with Crippen LogP contribution in [0.2, 0.25) is 0 Å². The number of benzene rings is 2. The van der Waals surface area contributed by atoms with Crippen molar-refractivity contribution in [1.29, 1.82) is 0 Å². The predicted molar refractivity (Wildman–Crippen MR) is 101 cm³/mol. The van der Waals surface area contributed by atoms with Gasteiger partial charge in [-0.15, -0.1) is 11.6 Å². The molecule has 24 heavy (non-hydrogen) atoms. The minimum absolute atomic E-state index is 0.00609. The van der Waals surface area contributed by atoms with Crippen LogP contribution in [0.5, 0.6) is 5.75 Å². The number of hydrogen-bond donors (Lipinski definition) is 1. The van der Waals surface area contributed by atoms with Crippen LogP contribution in [-0.2, 0) is 17.0 Å². The van der Waals surface area contributed by atoms with Crippen molar-refractivity contribution in [2.45, 2.75) is 26.7 Å². The molecule has 0 saturated carbocycles. The number of aryl methyl sites for hydroxylation is 1. The fraction of sp³-hybridized carbons (Fsp3) is 0.368. The van der Waals surface area contributed by atoms with Crippen LogP contribution < -0.4 is 4.74 Å². The highest BCUT2D eigenvalue weighted by atomic mass is 35.5. The van der Waals surface area contributed by atoms with E-state index in [1.807, 2.05) is 31.2 Å². The number of ether oxygens (including phenoxy) is 1. The quantitative estimate of drug-likeness (QED) is 0.557. The lowest BCUT2D eigenvalue weighted by Gasteiger charge is -2.20. The lowest BCUT2D eigenvalue weighted by molar-refractivity contribution is 0.269. The zero-order chi connectivity index (χ0) is 17.7. The van der Waals surface area contributed by atoms with Gasteiger partial charge in [0.1, 0.15) is 5.75 Å². The van der Waals surface area contributed by atoms with Gasteiger partial charge in [-0.2, -0.15) is 0 Å². The smallest absolute Gasteiger partial charge is 0.153 e. The Morgan fingerprint density at radius 1 is 1.25 bits per heavy atom. The highest BCUT2D eigenvalue weighted by Crippen LogP contribution is 2.36. The van der Waals surface area contributed by atoms with E-state index in [-0.39, 0.29) is 11.7 Å². The largest absolute Gasteiger partial charge is 0.493 e. The Balaban J connectivity index is 2.33. The van der Waals surface area contributed by atoms with E-state index in [1.165, 1.54) is 5.56 Å². The molecule has 0 aliphatic heterocycles. The molecule has 0 bridgehead atoms. The molecule has 2 aromatic carbocycles. The van der Waals surface area contributed by atoms with Crippen LogP contribution in [0.1, 0.15) is 23.6 Å². The second kappa shape index (κ2) is 8.65. The molecular weight excluding hydrogens is 344 g/mol. The third-order valence-corrected chi connectivity index (χ3v) is 5.14. The normalized spacial score (nSPS) is 13.5. The summed E-state index contributed by atoms with van der Waals surface area (Å²) < 4.78 is 25.8. The summed E-state index contributed by atoms with van der Waals surface area (Å²) in [7, 11) is 0. The summed E-state index contributed by atoms with van der Waals surface area (Å²) in [4.78, 5) is 0. The lowest BCUT2D eigenvalue weighted by Crippen LogP contribution is -2.16. The Morgan fingerprint density at radius 3 is 2.50 bits per heavy atom. The predicted octanol–water partition coefficient (Wildman–Crippen LogP) is 4.95. The van der Waals surface area contributed by atoms with Gasteiger partial charge in [0.2, 0.25) is 0 Å². The van der Waals surface area contributed by atoms with Gasteiger partial charge in [0, 0.05) is 11.5 Å². The van der Waals surface area contributed by atoms with Crippen molar-refractivity contribution in [1.82, 2.24) is 0 Å². The van der Waals surface area contributed by atoms with E-state index in [0.717, 1.165) is 28.0 Å². The maximum absolute atomic E-state index is 10.9. The van der Waals surface area contributed by atoms with Crippen molar-refractivity contribution in [3.05, 3.63) is 53.1 Å². The second-order valence-electron chi connectivity index (χ2n) is 6.07. The topological polar surface area (TPSA) is 46.5 Å². The first kappa shape index (κ1) is 19.0. The van der Waals surface area contributed by atoms with E-state index in [4.69, 9.17) is 20.9 Å². The van der Waals surface area contributed by atoms with Gasteiger partial charge < -0.3 is 9.29 Å². The van der Waals surface area contributed by atoms with Gasteiger partial charge in [-0.1, -0.05) is 37.3 Å². The van der Waals surface area contributed by atoms with E-state index in [9.17, 15) is 4.21 Å². The van der Waals surface area contributed by atoms with Crippen molar-refractivity contribution >= 4 is 22.7 Å². The zero-order valence-corrected chi connectivity index (χ0v) is 15.8. The summed E-state index contributed by atoms with van der Waals surface area (Å²) in [5, 5.41) is 0. The molecule has 0 spiro atoms. The van der Waals surface area contributed by atoms with Gasteiger partial charge in [-0.25, -0.2) is 4.21 Å². The van der Waals surface area contributed by atoms with Crippen molar-refractivity contribution < 1.29 is 13.5 Å². The van der Waals surface area contributed by atoms with Gasteiger partial charge in [-0.05, 0) is 42.2 Å². The van der Waals surface area contributed by atoms with Gasteiger partial charge in [-0.3, -0.25) is 0 Å². The van der Waals surface area contributed by atoms with E-state index in [2.05, 4.69) is 26.0 Å². The van der Waals surface area contributed by atoms with E-state index < -0.39 is 11.1 Å². The van der Waals surface area contributed by atoms with Gasteiger partial charge in [0.25, 0.3) is 0 Å². The van der Waals surface area contributed by atoms with Crippen LogP contribution in [-0.4, -0.2) is 21.1 Å². The van der Waals surface area contributed by atoms with Crippen LogP contribution in [0.25, 0.3) is 11.1 Å². The van der Waals surface area contributed by atoms with E-state index in [1.54, 1.807) is 0 Å². The molecule has 130 valence electrons. The first-order valence-corrected chi connectivity index (χ1v) is 9.69. The molecule has 0 radical (unpaired) electrons. The molecule has 0 aromatic heterocycles. The molecule has 2 aromatic rings. The van der Waals surface area contributed by atoms with Crippen LogP contribution in [0.3, 0.4) is 0 Å². The average Bonchev–Trinajstić information content (AvgIpc) is 2.53. The molecular formula is C19H23ClO3S. The first-order valence-electron chi connectivity index (χ1n) is 7.88. The van der Waals surface area contributed by atoms with Crippen LogP contribution in [0.15, 0.2) is 36.4 Å². The minimum atomic E-state index is -1.80. The molecule has 5 heteroatoms. The van der Waals surface area contributed by atoms with Crippen molar-refractivity contribution in [2.75, 3.05) is 12.4 Å². The minimum Gasteiger partial charge on any atom is -0.493 e. The van der Waals surface area contributed by atoms with E-state index in [0.29, 0.717) is 12.5 Å². The summed E-state index contributed by atoms with van der Waals surface area (Å²) in [6.07, 6.45) is 0. The van der Waals surface area contributed by atoms with E-state index >= 15 is 0 Å². The molecule has 0 amide bonds. The molecule has 1 N–H and O–H groups in total. The summed E-state index contributed by atoms with van der Waals surface area (Å²) in [6, 6.07) is 12.2. The number of alkyl halides is 1. The number of halogens is 1. The summed E-state index contributed by atoms with van der Waals surface area (Å²) in [5.74, 6) is 1.32. The summed E-state index contributed by atoms with van der Waals surface area (Å²) in [5.41, 5.74) is 5.56. The SMILES string of the molecule is Cc1cc(OCC(C)CS(=O)O)c(CCl)c(C)c1-c1ccccc1. The molecule has 0 aliphatic carbocycles. The van der Waals surface area contributed by atoms with Crippen LogP contribution in [0, 0.1) is 19.8 Å². The maximum Gasteiger partial charge on any atom is 0.153 e. The highest BCUT2D eigenvalue weighted by molar-refractivity contribution is 7.79. The fourth-order valence-electron chi connectivity index (χ4n) is 2.85. The Labute approximate surface area is 151 Å². The fourth-order valence-corrected chi connectivity index (χ4v) is 3.77. The third-order valence-electron chi connectivity index (χ3n) is 4.01. The molecule has 0 heterocycles. The van der Waals surface area contributed by atoms with Crippen molar-refractivity contribution in [3.8, 4) is 16.9 Å². The van der Waals surface area contributed by atoms with Gasteiger partial charge >= 0.3 is 0 Å². The molecule has 3 nitrogen and oxygen atoms in total. The average molecular weight is 367 g/mol. The zero-order valence-electron chi connectivity index (χ0n) is 14.2. The number of rotatable bonds is 7. The summed E-state index contributed by atoms with van der Waals surface area (Å²) in [6.45, 7) is 6.41. The number of hydrogen-bond acceptors (Lipinski definition) is 2. The summed E-state index contributed by atoms with van der Waals surface area (Å²) >= 11 is 4.38. The Hall–Kier alpha value is -1.36. The highest BCUT2D eigenvalue weighted by Gasteiger charge is 2.16. The van der Waals surface area contributed by atoms with Crippen molar-refractivity contribution in [3.63, 3.8) is 0 Å². The molecule has 2 atom stereocenters. The molecule has 0 aliphatic rings. The Morgan fingerprint density at radius 2 is 1.92 bits per heavy atom. The second-order valence-corrected chi connectivity index (χ2v) is 7.32. The standard InChI is InChI=1S/C19H23ClO3S/c1-13(12-24(21)22)11-23-18-9-14(2)19(15(3)17(18)10-20)16-7-5-4-6-8-16/h4-9,13H,10-12H2,1-3H3,(H,21,22). The Bertz CT molecular complexity index is 716. The van der Waals surface area contributed by atoms with Gasteiger partial charge in [0.15, 0.2) is 11.1 Å². The maximum atomic E-state index is 10.9. The third kappa shape index (κ3) is 4.59. The molecule has 0 fully saturated rings. The molecule has 2 rings (SSSR count). The van der Waals surface area contributed by atoms with Crippen LogP contribution >= 0.6 is 11.6 Å². The van der Waals surface area contributed by atoms with Crippen molar-refractivity contribution in [2.24, 2.45) is 5.92 Å². The van der Waals surface area contributed by atoms with Gasteiger partial charge in [0.05, 0.1) is 18.2 Å². The lowest BCUT2D eigenvalue weighted by atomic mass is 9.92.